The van der Waals surface area contributed by atoms with Crippen LogP contribution in [0.1, 0.15) is 37.3 Å². The molecule has 0 N–H and O–H groups in total. The average molecular weight is 457 g/mol. The van der Waals surface area contributed by atoms with Crippen LogP contribution in [0.4, 0.5) is 0 Å². The summed E-state index contributed by atoms with van der Waals surface area (Å²) in [6, 6.07) is 19.4. The Labute approximate surface area is 180 Å². The van der Waals surface area contributed by atoms with E-state index in [2.05, 4.69) is 15.9 Å². The number of benzene rings is 2. The SMILES string of the molecule is CCCCOC(=O)C1([C@@H](Br)Cc2ccccc2)CC(c2ccccc2)=CC(=O)O1. The molecule has 1 unspecified atom stereocenters. The summed E-state index contributed by atoms with van der Waals surface area (Å²) in [5.74, 6) is -1.03. The smallest absolute Gasteiger partial charge is 0.352 e. The fourth-order valence-electron chi connectivity index (χ4n) is 3.39. The molecule has 152 valence electrons. The van der Waals surface area contributed by atoms with Gasteiger partial charge in [0.1, 0.15) is 0 Å². The van der Waals surface area contributed by atoms with Crippen LogP contribution in [0.2, 0.25) is 0 Å². The van der Waals surface area contributed by atoms with Crippen LogP contribution in [0.25, 0.3) is 5.57 Å². The van der Waals surface area contributed by atoms with Crippen LogP contribution < -0.4 is 0 Å². The van der Waals surface area contributed by atoms with Gasteiger partial charge in [-0.25, -0.2) is 9.59 Å². The zero-order valence-electron chi connectivity index (χ0n) is 16.5. The molecule has 2 aromatic carbocycles. The Balaban J connectivity index is 1.93. The van der Waals surface area contributed by atoms with E-state index < -0.39 is 22.4 Å². The summed E-state index contributed by atoms with van der Waals surface area (Å²) in [5.41, 5.74) is 1.30. The van der Waals surface area contributed by atoms with Crippen molar-refractivity contribution in [3.05, 3.63) is 77.9 Å². The normalized spacial score (nSPS) is 19.8. The van der Waals surface area contributed by atoms with Crippen LogP contribution in [-0.4, -0.2) is 29.0 Å². The number of halogens is 1. The summed E-state index contributed by atoms with van der Waals surface area (Å²) in [4.78, 5) is 25.3. The molecule has 0 bridgehead atoms. The topological polar surface area (TPSA) is 52.6 Å². The van der Waals surface area contributed by atoms with E-state index in [0.717, 1.165) is 29.5 Å². The molecule has 0 saturated carbocycles. The number of hydrogen-bond donors (Lipinski definition) is 0. The van der Waals surface area contributed by atoms with Crippen molar-refractivity contribution in [1.82, 2.24) is 0 Å². The number of esters is 2. The Kier molecular flexibility index (Phi) is 7.26. The molecule has 0 radical (unpaired) electrons. The minimum absolute atomic E-state index is 0.260. The summed E-state index contributed by atoms with van der Waals surface area (Å²) in [6.07, 6.45) is 3.93. The van der Waals surface area contributed by atoms with E-state index in [9.17, 15) is 9.59 Å². The van der Waals surface area contributed by atoms with Crippen molar-refractivity contribution in [1.29, 1.82) is 0 Å². The van der Waals surface area contributed by atoms with Crippen LogP contribution in [-0.2, 0) is 25.5 Å². The monoisotopic (exact) mass is 456 g/mol. The van der Waals surface area contributed by atoms with Crippen LogP contribution >= 0.6 is 15.9 Å². The molecule has 0 spiro atoms. The number of unbranched alkanes of at least 4 members (excludes halogenated alkanes) is 1. The summed E-state index contributed by atoms with van der Waals surface area (Å²) in [6.45, 7) is 2.34. The number of alkyl halides is 1. The van der Waals surface area contributed by atoms with Gasteiger partial charge in [-0.3, -0.25) is 0 Å². The Morgan fingerprint density at radius 2 is 1.79 bits per heavy atom. The molecule has 0 aromatic heterocycles. The first-order valence-electron chi connectivity index (χ1n) is 9.89. The van der Waals surface area contributed by atoms with Gasteiger partial charge >= 0.3 is 11.9 Å². The molecule has 29 heavy (non-hydrogen) atoms. The molecule has 2 atom stereocenters. The predicted molar refractivity (Wildman–Crippen MR) is 117 cm³/mol. The van der Waals surface area contributed by atoms with E-state index in [1.165, 1.54) is 6.08 Å². The van der Waals surface area contributed by atoms with E-state index in [0.29, 0.717) is 13.0 Å². The largest absolute Gasteiger partial charge is 0.463 e. The number of hydrogen-bond acceptors (Lipinski definition) is 4. The van der Waals surface area contributed by atoms with Crippen molar-refractivity contribution < 1.29 is 19.1 Å². The quantitative estimate of drug-likeness (QED) is 0.314. The standard InChI is InChI=1S/C24H25BrO4/c1-2-3-14-28-23(27)24(21(25)15-18-10-6-4-7-11-18)17-20(16-22(26)29-24)19-12-8-5-9-13-19/h4-13,16,21H,2-3,14-15,17H2,1H3/t21-,24?/m0/s1. The van der Waals surface area contributed by atoms with Gasteiger partial charge < -0.3 is 9.47 Å². The molecule has 3 rings (SSSR count). The molecule has 0 aliphatic carbocycles. The number of carbonyl (C=O) groups excluding carboxylic acids is 2. The van der Waals surface area contributed by atoms with Gasteiger partial charge in [-0.15, -0.1) is 0 Å². The third-order valence-corrected chi connectivity index (χ3v) is 6.08. The van der Waals surface area contributed by atoms with Crippen molar-refractivity contribution in [3.63, 3.8) is 0 Å². The maximum atomic E-state index is 13.2. The lowest BCUT2D eigenvalue weighted by atomic mass is 9.83. The Morgan fingerprint density at radius 1 is 1.14 bits per heavy atom. The Hall–Kier alpha value is -2.40. The lowest BCUT2D eigenvalue weighted by molar-refractivity contribution is -0.180. The first kappa shape index (κ1) is 21.3. The molecule has 0 amide bonds. The molecule has 1 aliphatic heterocycles. The molecule has 2 aromatic rings. The number of rotatable bonds is 8. The fourth-order valence-corrected chi connectivity index (χ4v) is 4.21. The highest BCUT2D eigenvalue weighted by Gasteiger charge is 2.52. The van der Waals surface area contributed by atoms with Crippen molar-refractivity contribution in [2.45, 2.75) is 43.0 Å². The van der Waals surface area contributed by atoms with Crippen molar-refractivity contribution in [2.75, 3.05) is 6.61 Å². The van der Waals surface area contributed by atoms with Gasteiger partial charge in [0.15, 0.2) is 0 Å². The molecule has 5 heteroatoms. The first-order chi connectivity index (χ1) is 14.0. The molecular weight excluding hydrogens is 432 g/mol. The van der Waals surface area contributed by atoms with Gasteiger partial charge in [0.2, 0.25) is 5.60 Å². The minimum Gasteiger partial charge on any atom is -0.463 e. The second-order valence-electron chi connectivity index (χ2n) is 7.17. The predicted octanol–water partition coefficient (Wildman–Crippen LogP) is 5.11. The zero-order valence-corrected chi connectivity index (χ0v) is 18.1. The second-order valence-corrected chi connectivity index (χ2v) is 8.28. The third kappa shape index (κ3) is 5.15. The van der Waals surface area contributed by atoms with Crippen LogP contribution in [0.5, 0.6) is 0 Å². The highest BCUT2D eigenvalue weighted by Crippen LogP contribution is 2.40. The number of cyclic esters (lactones) is 1. The van der Waals surface area contributed by atoms with E-state index in [1.54, 1.807) is 0 Å². The van der Waals surface area contributed by atoms with E-state index in [1.807, 2.05) is 67.6 Å². The summed E-state index contributed by atoms with van der Waals surface area (Å²) in [5, 5.41) is 0. The van der Waals surface area contributed by atoms with Crippen LogP contribution in [0.3, 0.4) is 0 Å². The van der Waals surface area contributed by atoms with Gasteiger partial charge in [0, 0.05) is 12.5 Å². The van der Waals surface area contributed by atoms with E-state index in [-0.39, 0.29) is 6.42 Å². The molecule has 1 aliphatic rings. The lowest BCUT2D eigenvalue weighted by Crippen LogP contribution is -2.54. The van der Waals surface area contributed by atoms with Crippen LogP contribution in [0.15, 0.2) is 66.7 Å². The minimum atomic E-state index is -1.42. The van der Waals surface area contributed by atoms with Crippen molar-refractivity contribution >= 4 is 33.4 Å². The van der Waals surface area contributed by atoms with Gasteiger partial charge in [-0.1, -0.05) is 89.9 Å². The zero-order chi connectivity index (χ0) is 20.7. The molecule has 0 fully saturated rings. The molecule has 0 saturated heterocycles. The van der Waals surface area contributed by atoms with Crippen molar-refractivity contribution in [2.24, 2.45) is 0 Å². The second kappa shape index (κ2) is 9.88. The van der Waals surface area contributed by atoms with Gasteiger partial charge in [0.25, 0.3) is 0 Å². The number of ether oxygens (including phenoxy) is 2. The first-order valence-corrected chi connectivity index (χ1v) is 10.8. The fraction of sp³-hybridized carbons (Fsp3) is 0.333. The summed E-state index contributed by atoms with van der Waals surface area (Å²) in [7, 11) is 0. The molecular formula is C24H25BrO4. The van der Waals surface area contributed by atoms with E-state index >= 15 is 0 Å². The van der Waals surface area contributed by atoms with Gasteiger partial charge in [-0.2, -0.15) is 0 Å². The maximum Gasteiger partial charge on any atom is 0.352 e. The number of carbonyl (C=O) groups is 2. The van der Waals surface area contributed by atoms with Gasteiger partial charge in [-0.05, 0) is 29.5 Å². The average Bonchev–Trinajstić information content (AvgIpc) is 2.74. The Bertz CT molecular complexity index is 863. The van der Waals surface area contributed by atoms with Crippen LogP contribution in [0, 0.1) is 0 Å². The molecule has 4 nitrogen and oxygen atoms in total. The summed E-state index contributed by atoms with van der Waals surface area (Å²) >= 11 is 3.67. The summed E-state index contributed by atoms with van der Waals surface area (Å²) < 4.78 is 11.3. The lowest BCUT2D eigenvalue weighted by Gasteiger charge is -2.38. The van der Waals surface area contributed by atoms with E-state index in [4.69, 9.17) is 9.47 Å². The highest BCUT2D eigenvalue weighted by atomic mass is 79.9. The highest BCUT2D eigenvalue weighted by molar-refractivity contribution is 9.09. The maximum absolute atomic E-state index is 13.2. The molecule has 1 heterocycles. The third-order valence-electron chi connectivity index (χ3n) is 5.01. The van der Waals surface area contributed by atoms with Crippen molar-refractivity contribution in [3.8, 4) is 0 Å². The Morgan fingerprint density at radius 3 is 2.45 bits per heavy atom. The van der Waals surface area contributed by atoms with Gasteiger partial charge in [0.05, 0.1) is 11.4 Å².